The number of hydrogen-bond donors (Lipinski definition) is 1. The molecule has 0 aliphatic heterocycles. The van der Waals surface area contributed by atoms with E-state index in [0.29, 0.717) is 17.1 Å². The molecule has 0 spiro atoms. The molecular weight excluding hydrogens is 293 g/mol. The van der Waals surface area contributed by atoms with Crippen LogP contribution in [0, 0.1) is 5.82 Å². The summed E-state index contributed by atoms with van der Waals surface area (Å²) in [6.07, 6.45) is 0. The van der Waals surface area contributed by atoms with Crippen molar-refractivity contribution in [2.24, 2.45) is 5.73 Å². The monoisotopic (exact) mass is 307 g/mol. The number of benzene rings is 2. The van der Waals surface area contributed by atoms with E-state index in [1.807, 2.05) is 30.3 Å². The van der Waals surface area contributed by atoms with Gasteiger partial charge in [-0.1, -0.05) is 18.2 Å². The highest BCUT2D eigenvalue weighted by molar-refractivity contribution is 5.85. The maximum atomic E-state index is 13.4. The zero-order valence-electron chi connectivity index (χ0n) is 11.4. The van der Waals surface area contributed by atoms with Crippen LogP contribution in [0.2, 0.25) is 0 Å². The maximum Gasteiger partial charge on any atom is 0.134 e. The molecule has 1 unspecified atom stereocenters. The van der Waals surface area contributed by atoms with Crippen molar-refractivity contribution < 1.29 is 13.5 Å². The van der Waals surface area contributed by atoms with Gasteiger partial charge in [0.1, 0.15) is 22.9 Å². The number of nitrogens with two attached hydrogens (primary N) is 1. The zero-order valence-corrected chi connectivity index (χ0v) is 12.2. The second-order valence-electron chi connectivity index (χ2n) is 4.55. The summed E-state index contributed by atoms with van der Waals surface area (Å²) < 4.78 is 24.4. The van der Waals surface area contributed by atoms with Gasteiger partial charge in [0.15, 0.2) is 0 Å². The first-order chi connectivity index (χ1) is 9.69. The van der Waals surface area contributed by atoms with Crippen LogP contribution >= 0.6 is 12.4 Å². The van der Waals surface area contributed by atoms with Crippen molar-refractivity contribution in [1.82, 2.24) is 0 Å². The fourth-order valence-corrected chi connectivity index (χ4v) is 2.26. The second kappa shape index (κ2) is 6.16. The van der Waals surface area contributed by atoms with Crippen molar-refractivity contribution in [2.75, 3.05) is 7.11 Å². The van der Waals surface area contributed by atoms with Crippen molar-refractivity contribution in [3.05, 3.63) is 65.7 Å². The third-order valence-corrected chi connectivity index (χ3v) is 3.28. The Morgan fingerprint density at radius 1 is 1.14 bits per heavy atom. The fraction of sp³-hybridized carbons (Fsp3) is 0.125. The minimum absolute atomic E-state index is 0. The highest BCUT2D eigenvalue weighted by atomic mass is 35.5. The van der Waals surface area contributed by atoms with E-state index in [4.69, 9.17) is 14.9 Å². The molecule has 0 fully saturated rings. The molecule has 2 aromatic carbocycles. The standard InChI is InChI=1S/C16H14FNO2.ClH/c1-19-14-7-6-11(17)9-12(14)16(18)15-8-10-4-2-3-5-13(10)20-15;/h2-9,16H,18H2,1H3;1H. The largest absolute Gasteiger partial charge is 0.496 e. The summed E-state index contributed by atoms with van der Waals surface area (Å²) in [5.74, 6) is 0.766. The van der Waals surface area contributed by atoms with Crippen molar-refractivity contribution in [1.29, 1.82) is 0 Å². The van der Waals surface area contributed by atoms with Crippen LogP contribution in [0.15, 0.2) is 52.9 Å². The van der Waals surface area contributed by atoms with Gasteiger partial charge in [0, 0.05) is 10.9 Å². The Hall–Kier alpha value is -2.04. The second-order valence-corrected chi connectivity index (χ2v) is 4.55. The molecule has 0 amide bonds. The molecule has 1 aromatic heterocycles. The predicted octanol–water partition coefficient (Wildman–Crippen LogP) is 4.05. The molecule has 5 heteroatoms. The zero-order chi connectivity index (χ0) is 14.1. The fourth-order valence-electron chi connectivity index (χ4n) is 2.26. The molecular formula is C16H15ClFNO2. The number of ether oxygens (including phenoxy) is 1. The van der Waals surface area contributed by atoms with Crippen LogP contribution in [0.3, 0.4) is 0 Å². The van der Waals surface area contributed by atoms with E-state index in [0.717, 1.165) is 11.0 Å². The molecule has 0 aliphatic carbocycles. The van der Waals surface area contributed by atoms with Crippen LogP contribution in [0.5, 0.6) is 5.75 Å². The smallest absolute Gasteiger partial charge is 0.134 e. The Morgan fingerprint density at radius 2 is 1.90 bits per heavy atom. The number of para-hydroxylation sites is 1. The quantitative estimate of drug-likeness (QED) is 0.794. The van der Waals surface area contributed by atoms with Gasteiger partial charge in [-0.15, -0.1) is 12.4 Å². The van der Waals surface area contributed by atoms with E-state index < -0.39 is 6.04 Å². The van der Waals surface area contributed by atoms with Gasteiger partial charge in [-0.2, -0.15) is 0 Å². The lowest BCUT2D eigenvalue weighted by Gasteiger charge is -2.13. The highest BCUT2D eigenvalue weighted by Crippen LogP contribution is 2.31. The predicted molar refractivity (Wildman–Crippen MR) is 82.4 cm³/mol. The molecule has 0 bridgehead atoms. The van der Waals surface area contributed by atoms with Crippen LogP contribution in [0.4, 0.5) is 4.39 Å². The molecule has 2 N–H and O–H groups in total. The number of furan rings is 1. The van der Waals surface area contributed by atoms with Gasteiger partial charge in [0.25, 0.3) is 0 Å². The average molecular weight is 308 g/mol. The van der Waals surface area contributed by atoms with E-state index >= 15 is 0 Å². The molecule has 3 rings (SSSR count). The van der Waals surface area contributed by atoms with E-state index in [1.165, 1.54) is 19.2 Å². The Balaban J connectivity index is 0.00000161. The number of halogens is 2. The van der Waals surface area contributed by atoms with Gasteiger partial charge >= 0.3 is 0 Å². The number of hydrogen-bond acceptors (Lipinski definition) is 3. The average Bonchev–Trinajstić information content (AvgIpc) is 2.90. The Morgan fingerprint density at radius 3 is 2.62 bits per heavy atom. The van der Waals surface area contributed by atoms with Crippen LogP contribution in [0.1, 0.15) is 17.4 Å². The van der Waals surface area contributed by atoms with Gasteiger partial charge in [-0.3, -0.25) is 0 Å². The van der Waals surface area contributed by atoms with Crippen LogP contribution in [0.25, 0.3) is 11.0 Å². The van der Waals surface area contributed by atoms with Gasteiger partial charge in [-0.25, -0.2) is 4.39 Å². The van der Waals surface area contributed by atoms with Gasteiger partial charge in [0.05, 0.1) is 13.2 Å². The summed E-state index contributed by atoms with van der Waals surface area (Å²) in [7, 11) is 1.53. The lowest BCUT2D eigenvalue weighted by Crippen LogP contribution is -2.12. The van der Waals surface area contributed by atoms with Crippen molar-refractivity contribution >= 4 is 23.4 Å². The minimum Gasteiger partial charge on any atom is -0.496 e. The van der Waals surface area contributed by atoms with Gasteiger partial charge in [-0.05, 0) is 30.3 Å². The summed E-state index contributed by atoms with van der Waals surface area (Å²) in [5.41, 5.74) is 7.50. The van der Waals surface area contributed by atoms with Gasteiger partial charge in [0.2, 0.25) is 0 Å². The molecule has 1 atom stereocenters. The molecule has 21 heavy (non-hydrogen) atoms. The maximum absolute atomic E-state index is 13.4. The number of fused-ring (bicyclic) bond motifs is 1. The third-order valence-electron chi connectivity index (χ3n) is 3.28. The van der Waals surface area contributed by atoms with E-state index in [1.54, 1.807) is 6.07 Å². The number of rotatable bonds is 3. The topological polar surface area (TPSA) is 48.4 Å². The van der Waals surface area contributed by atoms with Crippen LogP contribution < -0.4 is 10.5 Å². The summed E-state index contributed by atoms with van der Waals surface area (Å²) in [6, 6.07) is 13.2. The molecule has 0 saturated heterocycles. The van der Waals surface area contributed by atoms with E-state index in [9.17, 15) is 4.39 Å². The summed E-state index contributed by atoms with van der Waals surface area (Å²) >= 11 is 0. The first-order valence-electron chi connectivity index (χ1n) is 6.26. The van der Waals surface area contributed by atoms with Gasteiger partial charge < -0.3 is 14.9 Å². The third kappa shape index (κ3) is 2.86. The minimum atomic E-state index is -0.576. The Bertz CT molecular complexity index is 724. The first kappa shape index (κ1) is 15.4. The molecule has 1 heterocycles. The number of methoxy groups -OCH3 is 1. The molecule has 110 valence electrons. The van der Waals surface area contributed by atoms with Crippen LogP contribution in [-0.2, 0) is 0 Å². The van der Waals surface area contributed by atoms with E-state index in [2.05, 4.69) is 0 Å². The van der Waals surface area contributed by atoms with E-state index in [-0.39, 0.29) is 18.2 Å². The van der Waals surface area contributed by atoms with Crippen molar-refractivity contribution in [2.45, 2.75) is 6.04 Å². The Kier molecular flexibility index (Phi) is 4.50. The normalized spacial score (nSPS) is 12.0. The summed E-state index contributed by atoms with van der Waals surface area (Å²) in [5, 5.41) is 0.966. The SMILES string of the molecule is COc1ccc(F)cc1C(N)c1cc2ccccc2o1.Cl. The molecule has 3 aromatic rings. The lowest BCUT2D eigenvalue weighted by molar-refractivity contribution is 0.403. The molecule has 0 saturated carbocycles. The lowest BCUT2D eigenvalue weighted by atomic mass is 10.0. The van der Waals surface area contributed by atoms with Crippen LogP contribution in [-0.4, -0.2) is 7.11 Å². The summed E-state index contributed by atoms with van der Waals surface area (Å²) in [4.78, 5) is 0. The Labute approximate surface area is 127 Å². The van der Waals surface area contributed by atoms with Crippen molar-refractivity contribution in [3.8, 4) is 5.75 Å². The van der Waals surface area contributed by atoms with Crippen molar-refractivity contribution in [3.63, 3.8) is 0 Å². The molecule has 0 radical (unpaired) electrons. The summed E-state index contributed by atoms with van der Waals surface area (Å²) in [6.45, 7) is 0. The highest BCUT2D eigenvalue weighted by Gasteiger charge is 2.18. The molecule has 0 aliphatic rings. The first-order valence-corrected chi connectivity index (χ1v) is 6.26. The molecule has 3 nitrogen and oxygen atoms in total.